The SMILES string of the molecule is O=C1Nc2cccnc2N(C(=O)CN2CCCCC2CCCCN2CCCCC2)c2ccccc21. The van der Waals surface area contributed by atoms with Gasteiger partial charge < -0.3 is 10.2 Å². The number of rotatable bonds is 7. The van der Waals surface area contributed by atoms with E-state index in [1.165, 1.54) is 58.2 Å². The highest BCUT2D eigenvalue weighted by Gasteiger charge is 2.32. The third-order valence-electron chi connectivity index (χ3n) is 7.68. The fourth-order valence-electron chi connectivity index (χ4n) is 5.83. The molecule has 1 atom stereocenters. The summed E-state index contributed by atoms with van der Waals surface area (Å²) in [6.07, 6.45) is 12.9. The van der Waals surface area contributed by atoms with Gasteiger partial charge in [0.05, 0.1) is 23.5 Å². The molecule has 7 nitrogen and oxygen atoms in total. The number of aromatic nitrogens is 1. The molecule has 35 heavy (non-hydrogen) atoms. The maximum absolute atomic E-state index is 13.8. The average molecular weight is 476 g/mol. The standard InChI is InChI=1S/C28H37N5O2/c34-26(21-32-20-9-5-12-22(32)11-4-8-19-31-17-6-1-7-18-31)33-25-15-3-2-13-23(25)28(35)30-24-14-10-16-29-27(24)33/h2-3,10,13-16,22H,1,4-9,11-12,17-21H2,(H,30,35). The summed E-state index contributed by atoms with van der Waals surface area (Å²) in [5.41, 5.74) is 1.66. The molecule has 3 aliphatic heterocycles. The first-order valence-electron chi connectivity index (χ1n) is 13.4. The van der Waals surface area contributed by atoms with E-state index < -0.39 is 0 Å². The maximum Gasteiger partial charge on any atom is 0.257 e. The lowest BCUT2D eigenvalue weighted by molar-refractivity contribution is -0.120. The minimum Gasteiger partial charge on any atom is -0.319 e. The Morgan fingerprint density at radius 3 is 2.69 bits per heavy atom. The number of amides is 2. The molecule has 0 saturated carbocycles. The molecular formula is C28H37N5O2. The van der Waals surface area contributed by atoms with Crippen molar-refractivity contribution in [3.8, 4) is 0 Å². The van der Waals surface area contributed by atoms with Crippen LogP contribution in [0.25, 0.3) is 0 Å². The van der Waals surface area contributed by atoms with Crippen LogP contribution >= 0.6 is 0 Å². The Labute approximate surface area is 208 Å². The first-order chi connectivity index (χ1) is 17.2. The van der Waals surface area contributed by atoms with Gasteiger partial charge in [-0.3, -0.25) is 19.4 Å². The van der Waals surface area contributed by atoms with Crippen molar-refractivity contribution in [3.05, 3.63) is 48.2 Å². The summed E-state index contributed by atoms with van der Waals surface area (Å²) in [4.78, 5) is 37.8. The number of unbranched alkanes of at least 4 members (excludes halogenated alkanes) is 1. The molecule has 1 unspecified atom stereocenters. The van der Waals surface area contributed by atoms with Gasteiger partial charge in [0.15, 0.2) is 5.82 Å². The van der Waals surface area contributed by atoms with Crippen LogP contribution in [0.2, 0.25) is 0 Å². The molecule has 2 amide bonds. The summed E-state index contributed by atoms with van der Waals surface area (Å²) in [5.74, 6) is 0.245. The first kappa shape index (κ1) is 23.9. The summed E-state index contributed by atoms with van der Waals surface area (Å²) >= 11 is 0. The van der Waals surface area contributed by atoms with Crippen LogP contribution in [-0.4, -0.2) is 65.4 Å². The summed E-state index contributed by atoms with van der Waals surface area (Å²) in [6.45, 7) is 5.02. The Kier molecular flexibility index (Phi) is 7.74. The fraction of sp³-hybridized carbons (Fsp3) is 0.536. The van der Waals surface area contributed by atoms with Gasteiger partial charge in [0.1, 0.15) is 0 Å². The van der Waals surface area contributed by atoms with E-state index >= 15 is 0 Å². The second-order valence-corrected chi connectivity index (χ2v) is 10.1. The van der Waals surface area contributed by atoms with Crippen molar-refractivity contribution in [1.29, 1.82) is 0 Å². The number of carbonyl (C=O) groups is 2. The smallest absolute Gasteiger partial charge is 0.257 e. The second-order valence-electron chi connectivity index (χ2n) is 10.1. The van der Waals surface area contributed by atoms with Gasteiger partial charge in [-0.05, 0) is 89.0 Å². The highest BCUT2D eigenvalue weighted by Crippen LogP contribution is 2.36. The Morgan fingerprint density at radius 2 is 1.80 bits per heavy atom. The molecule has 186 valence electrons. The zero-order valence-electron chi connectivity index (χ0n) is 20.6. The third kappa shape index (κ3) is 5.57. The number of anilines is 3. The predicted molar refractivity (Wildman–Crippen MR) is 139 cm³/mol. The number of nitrogens with zero attached hydrogens (tertiary/aromatic N) is 4. The number of para-hydroxylation sites is 1. The van der Waals surface area contributed by atoms with E-state index in [0.717, 1.165) is 25.8 Å². The molecule has 7 heteroatoms. The lowest BCUT2D eigenvalue weighted by Crippen LogP contribution is -2.46. The Bertz CT molecular complexity index is 1040. The number of nitrogens with one attached hydrogen (secondary N) is 1. The van der Waals surface area contributed by atoms with Crippen molar-refractivity contribution in [1.82, 2.24) is 14.8 Å². The zero-order chi connectivity index (χ0) is 24.0. The van der Waals surface area contributed by atoms with Crippen LogP contribution in [0.5, 0.6) is 0 Å². The van der Waals surface area contributed by atoms with Crippen molar-refractivity contribution >= 4 is 29.0 Å². The van der Waals surface area contributed by atoms with Gasteiger partial charge >= 0.3 is 0 Å². The molecule has 1 aromatic heterocycles. The molecule has 5 rings (SSSR count). The van der Waals surface area contributed by atoms with Crippen LogP contribution in [0, 0.1) is 0 Å². The van der Waals surface area contributed by atoms with Crippen LogP contribution in [-0.2, 0) is 4.79 Å². The van der Waals surface area contributed by atoms with Crippen molar-refractivity contribution in [3.63, 3.8) is 0 Å². The lowest BCUT2D eigenvalue weighted by atomic mass is 9.97. The van der Waals surface area contributed by atoms with Crippen LogP contribution in [0.3, 0.4) is 0 Å². The summed E-state index contributed by atoms with van der Waals surface area (Å²) in [6, 6.07) is 11.3. The van der Waals surface area contributed by atoms with Gasteiger partial charge in [-0.15, -0.1) is 0 Å². The van der Waals surface area contributed by atoms with Crippen LogP contribution in [0.15, 0.2) is 42.6 Å². The highest BCUT2D eigenvalue weighted by molar-refractivity contribution is 6.17. The van der Waals surface area contributed by atoms with Crippen LogP contribution in [0.1, 0.15) is 68.1 Å². The van der Waals surface area contributed by atoms with E-state index in [-0.39, 0.29) is 11.8 Å². The normalized spacial score (nSPS) is 21.1. The van der Waals surface area contributed by atoms with Crippen molar-refractivity contribution < 1.29 is 9.59 Å². The number of carbonyl (C=O) groups excluding carboxylic acids is 2. The molecule has 3 aliphatic rings. The van der Waals surface area contributed by atoms with E-state index in [1.54, 1.807) is 29.3 Å². The van der Waals surface area contributed by atoms with E-state index in [1.807, 2.05) is 18.2 Å². The summed E-state index contributed by atoms with van der Waals surface area (Å²) in [5, 5.41) is 2.92. The minimum absolute atomic E-state index is 0.0332. The molecule has 2 fully saturated rings. The van der Waals surface area contributed by atoms with Crippen LogP contribution < -0.4 is 10.2 Å². The van der Waals surface area contributed by atoms with Gasteiger partial charge in [0, 0.05) is 12.2 Å². The number of benzene rings is 1. The minimum atomic E-state index is -0.213. The van der Waals surface area contributed by atoms with E-state index in [0.29, 0.717) is 35.3 Å². The monoisotopic (exact) mass is 475 g/mol. The third-order valence-corrected chi connectivity index (χ3v) is 7.68. The quantitative estimate of drug-likeness (QED) is 0.582. The van der Waals surface area contributed by atoms with Crippen LogP contribution in [0.4, 0.5) is 17.2 Å². The van der Waals surface area contributed by atoms with Gasteiger partial charge in [-0.25, -0.2) is 4.98 Å². The number of piperidine rings is 2. The molecule has 2 aromatic rings. The number of hydrogen-bond donors (Lipinski definition) is 1. The zero-order valence-corrected chi connectivity index (χ0v) is 20.6. The number of fused-ring (bicyclic) bond motifs is 2. The molecule has 0 aliphatic carbocycles. The summed E-state index contributed by atoms with van der Waals surface area (Å²) < 4.78 is 0. The molecule has 0 spiro atoms. The Balaban J connectivity index is 1.28. The van der Waals surface area contributed by atoms with Gasteiger partial charge in [0.2, 0.25) is 5.91 Å². The van der Waals surface area contributed by atoms with Crippen molar-refractivity contribution in [2.75, 3.05) is 42.9 Å². The van der Waals surface area contributed by atoms with Crippen molar-refractivity contribution in [2.45, 2.75) is 63.8 Å². The molecule has 1 aromatic carbocycles. The Morgan fingerprint density at radius 1 is 0.971 bits per heavy atom. The van der Waals surface area contributed by atoms with Gasteiger partial charge in [0.25, 0.3) is 5.91 Å². The molecule has 0 bridgehead atoms. The molecule has 2 saturated heterocycles. The number of likely N-dealkylation sites (tertiary alicyclic amines) is 2. The largest absolute Gasteiger partial charge is 0.319 e. The predicted octanol–water partition coefficient (Wildman–Crippen LogP) is 4.82. The first-order valence-corrected chi connectivity index (χ1v) is 13.4. The highest BCUT2D eigenvalue weighted by atomic mass is 16.2. The van der Waals surface area contributed by atoms with E-state index in [9.17, 15) is 9.59 Å². The van der Waals surface area contributed by atoms with Crippen molar-refractivity contribution in [2.24, 2.45) is 0 Å². The topological polar surface area (TPSA) is 68.8 Å². The van der Waals surface area contributed by atoms with E-state index in [4.69, 9.17) is 0 Å². The molecule has 0 radical (unpaired) electrons. The maximum atomic E-state index is 13.8. The Hall–Kier alpha value is -2.77. The molecule has 4 heterocycles. The number of hydrogen-bond acceptors (Lipinski definition) is 5. The summed E-state index contributed by atoms with van der Waals surface area (Å²) in [7, 11) is 0. The van der Waals surface area contributed by atoms with Gasteiger partial charge in [-0.2, -0.15) is 0 Å². The van der Waals surface area contributed by atoms with Gasteiger partial charge in [-0.1, -0.05) is 31.4 Å². The number of pyridine rings is 1. The fourth-order valence-corrected chi connectivity index (χ4v) is 5.83. The van der Waals surface area contributed by atoms with E-state index in [2.05, 4.69) is 20.1 Å². The lowest BCUT2D eigenvalue weighted by Gasteiger charge is -2.36. The molecular weight excluding hydrogens is 438 g/mol. The molecule has 1 N–H and O–H groups in total. The average Bonchev–Trinajstić information content (AvgIpc) is 3.02. The second kappa shape index (κ2) is 11.3.